The Bertz CT molecular complexity index is 366. The molecule has 114 valence electrons. The molecule has 1 aromatic carbocycles. The second kappa shape index (κ2) is 9.78. The SMILES string of the molecule is CCCCCCCOC(c1ccccc1OC)C(C)N. The molecule has 0 fully saturated rings. The summed E-state index contributed by atoms with van der Waals surface area (Å²) in [4.78, 5) is 0. The maximum absolute atomic E-state index is 6.07. The highest BCUT2D eigenvalue weighted by molar-refractivity contribution is 5.35. The Morgan fingerprint density at radius 2 is 1.80 bits per heavy atom. The summed E-state index contributed by atoms with van der Waals surface area (Å²) in [6, 6.07) is 7.89. The van der Waals surface area contributed by atoms with Gasteiger partial charge in [0.25, 0.3) is 0 Å². The highest BCUT2D eigenvalue weighted by Crippen LogP contribution is 2.29. The molecule has 1 aromatic rings. The van der Waals surface area contributed by atoms with Gasteiger partial charge in [0, 0.05) is 18.2 Å². The minimum absolute atomic E-state index is 0.0538. The van der Waals surface area contributed by atoms with E-state index in [1.54, 1.807) is 7.11 Å². The summed E-state index contributed by atoms with van der Waals surface area (Å²) in [6.45, 7) is 4.96. The van der Waals surface area contributed by atoms with E-state index in [1.165, 1.54) is 25.7 Å². The smallest absolute Gasteiger partial charge is 0.124 e. The van der Waals surface area contributed by atoms with Gasteiger partial charge in [-0.05, 0) is 19.4 Å². The molecule has 0 aromatic heterocycles. The number of unbranched alkanes of at least 4 members (excludes halogenated alkanes) is 4. The zero-order valence-corrected chi connectivity index (χ0v) is 13.1. The number of hydrogen-bond acceptors (Lipinski definition) is 3. The Morgan fingerprint density at radius 1 is 1.10 bits per heavy atom. The van der Waals surface area contributed by atoms with E-state index in [0.717, 1.165) is 24.3 Å². The summed E-state index contributed by atoms with van der Waals surface area (Å²) >= 11 is 0. The summed E-state index contributed by atoms with van der Waals surface area (Å²) in [6.07, 6.45) is 6.09. The number of ether oxygens (including phenoxy) is 2. The van der Waals surface area contributed by atoms with Crippen molar-refractivity contribution in [2.24, 2.45) is 5.73 Å². The van der Waals surface area contributed by atoms with Gasteiger partial charge in [-0.25, -0.2) is 0 Å². The van der Waals surface area contributed by atoms with Crippen LogP contribution in [0.2, 0.25) is 0 Å². The van der Waals surface area contributed by atoms with Crippen LogP contribution in [0.1, 0.15) is 57.6 Å². The fraction of sp³-hybridized carbons (Fsp3) is 0.647. The largest absolute Gasteiger partial charge is 0.496 e. The van der Waals surface area contributed by atoms with Gasteiger partial charge in [0.05, 0.1) is 7.11 Å². The number of nitrogens with two attached hydrogens (primary N) is 1. The summed E-state index contributed by atoms with van der Waals surface area (Å²) in [5, 5.41) is 0. The van der Waals surface area contributed by atoms with E-state index in [1.807, 2.05) is 31.2 Å². The highest BCUT2D eigenvalue weighted by Gasteiger charge is 2.20. The number of rotatable bonds is 10. The van der Waals surface area contributed by atoms with Gasteiger partial charge in [0.2, 0.25) is 0 Å². The van der Waals surface area contributed by atoms with Crippen molar-refractivity contribution in [1.29, 1.82) is 0 Å². The number of methoxy groups -OCH3 is 1. The third-order valence-electron chi connectivity index (χ3n) is 3.47. The minimum atomic E-state index is -0.0997. The lowest BCUT2D eigenvalue weighted by molar-refractivity contribution is 0.0343. The van der Waals surface area contributed by atoms with E-state index >= 15 is 0 Å². The lowest BCUT2D eigenvalue weighted by Gasteiger charge is -2.23. The zero-order chi connectivity index (χ0) is 14.8. The van der Waals surface area contributed by atoms with Crippen LogP contribution in [0.5, 0.6) is 5.75 Å². The van der Waals surface area contributed by atoms with Crippen LogP contribution in [-0.4, -0.2) is 19.8 Å². The molecule has 0 spiro atoms. The van der Waals surface area contributed by atoms with Crippen molar-refractivity contribution < 1.29 is 9.47 Å². The Morgan fingerprint density at radius 3 is 2.45 bits per heavy atom. The molecule has 2 N–H and O–H groups in total. The van der Waals surface area contributed by atoms with E-state index < -0.39 is 0 Å². The van der Waals surface area contributed by atoms with Crippen LogP contribution >= 0.6 is 0 Å². The fourth-order valence-electron chi connectivity index (χ4n) is 2.34. The third-order valence-corrected chi connectivity index (χ3v) is 3.47. The fourth-order valence-corrected chi connectivity index (χ4v) is 2.34. The molecule has 0 saturated heterocycles. The molecule has 2 unspecified atom stereocenters. The number of benzene rings is 1. The van der Waals surface area contributed by atoms with Crippen molar-refractivity contribution in [3.8, 4) is 5.75 Å². The first kappa shape index (κ1) is 17.0. The summed E-state index contributed by atoms with van der Waals surface area (Å²) in [5.74, 6) is 0.848. The lowest BCUT2D eigenvalue weighted by Crippen LogP contribution is -2.27. The second-order valence-electron chi connectivity index (χ2n) is 5.31. The summed E-state index contributed by atoms with van der Waals surface area (Å²) in [5.41, 5.74) is 7.11. The van der Waals surface area contributed by atoms with Crippen LogP contribution in [0.25, 0.3) is 0 Å². The molecule has 1 rings (SSSR count). The van der Waals surface area contributed by atoms with Crippen LogP contribution in [0, 0.1) is 0 Å². The number of para-hydroxylation sites is 1. The van der Waals surface area contributed by atoms with Gasteiger partial charge in [0.15, 0.2) is 0 Å². The van der Waals surface area contributed by atoms with Gasteiger partial charge in [-0.3, -0.25) is 0 Å². The quantitative estimate of drug-likeness (QED) is 0.657. The van der Waals surface area contributed by atoms with E-state index in [4.69, 9.17) is 15.2 Å². The van der Waals surface area contributed by atoms with Crippen molar-refractivity contribution in [2.75, 3.05) is 13.7 Å². The monoisotopic (exact) mass is 279 g/mol. The molecular formula is C17H29NO2. The Hall–Kier alpha value is -1.06. The lowest BCUT2D eigenvalue weighted by atomic mass is 10.0. The summed E-state index contributed by atoms with van der Waals surface area (Å²) in [7, 11) is 1.68. The maximum Gasteiger partial charge on any atom is 0.124 e. The normalized spacial score (nSPS) is 14.0. The first-order chi connectivity index (χ1) is 9.70. The minimum Gasteiger partial charge on any atom is -0.496 e. The first-order valence-corrected chi connectivity index (χ1v) is 7.70. The van der Waals surface area contributed by atoms with Crippen molar-refractivity contribution in [1.82, 2.24) is 0 Å². The van der Waals surface area contributed by atoms with Crippen molar-refractivity contribution in [2.45, 2.75) is 58.1 Å². The Kier molecular flexibility index (Phi) is 8.31. The molecule has 0 aliphatic heterocycles. The maximum atomic E-state index is 6.07. The predicted octanol–water partition coefficient (Wildman–Crippen LogP) is 4.07. The Balaban J connectivity index is 2.52. The van der Waals surface area contributed by atoms with Crippen LogP contribution < -0.4 is 10.5 Å². The first-order valence-electron chi connectivity index (χ1n) is 7.70. The molecule has 0 amide bonds. The molecule has 0 aliphatic carbocycles. The standard InChI is InChI=1S/C17H29NO2/c1-4-5-6-7-10-13-20-17(14(2)18)15-11-8-9-12-16(15)19-3/h8-9,11-12,14,17H,4-7,10,13,18H2,1-3H3. The van der Waals surface area contributed by atoms with Gasteiger partial charge in [-0.15, -0.1) is 0 Å². The molecule has 2 atom stereocenters. The molecule has 0 saturated carbocycles. The molecule has 0 aliphatic rings. The van der Waals surface area contributed by atoms with E-state index in [0.29, 0.717) is 0 Å². The van der Waals surface area contributed by atoms with E-state index in [2.05, 4.69) is 6.92 Å². The van der Waals surface area contributed by atoms with Crippen molar-refractivity contribution >= 4 is 0 Å². The van der Waals surface area contributed by atoms with Gasteiger partial charge in [-0.2, -0.15) is 0 Å². The molecule has 20 heavy (non-hydrogen) atoms. The van der Waals surface area contributed by atoms with Crippen LogP contribution in [0.4, 0.5) is 0 Å². The Labute approximate surface area is 123 Å². The van der Waals surface area contributed by atoms with Gasteiger partial charge >= 0.3 is 0 Å². The zero-order valence-electron chi connectivity index (χ0n) is 13.1. The topological polar surface area (TPSA) is 44.5 Å². The van der Waals surface area contributed by atoms with Crippen LogP contribution in [0.3, 0.4) is 0 Å². The van der Waals surface area contributed by atoms with Crippen molar-refractivity contribution in [3.05, 3.63) is 29.8 Å². The van der Waals surface area contributed by atoms with E-state index in [-0.39, 0.29) is 12.1 Å². The van der Waals surface area contributed by atoms with Gasteiger partial charge < -0.3 is 15.2 Å². The second-order valence-corrected chi connectivity index (χ2v) is 5.31. The van der Waals surface area contributed by atoms with Gasteiger partial charge in [0.1, 0.15) is 11.9 Å². The van der Waals surface area contributed by atoms with Crippen molar-refractivity contribution in [3.63, 3.8) is 0 Å². The van der Waals surface area contributed by atoms with Gasteiger partial charge in [-0.1, -0.05) is 50.8 Å². The van der Waals surface area contributed by atoms with E-state index in [9.17, 15) is 0 Å². The predicted molar refractivity (Wildman–Crippen MR) is 84.1 cm³/mol. The number of hydrogen-bond donors (Lipinski definition) is 1. The third kappa shape index (κ3) is 5.51. The molecule has 3 nitrogen and oxygen atoms in total. The molecule has 3 heteroatoms. The average Bonchev–Trinajstić information content (AvgIpc) is 2.46. The molecule has 0 radical (unpaired) electrons. The average molecular weight is 279 g/mol. The van der Waals surface area contributed by atoms with Crippen LogP contribution in [-0.2, 0) is 4.74 Å². The summed E-state index contributed by atoms with van der Waals surface area (Å²) < 4.78 is 11.4. The van der Waals surface area contributed by atoms with Crippen LogP contribution in [0.15, 0.2) is 24.3 Å². The molecule has 0 heterocycles. The molecular weight excluding hydrogens is 250 g/mol. The molecule has 0 bridgehead atoms. The highest BCUT2D eigenvalue weighted by atomic mass is 16.5.